The maximum atomic E-state index is 12.0. The highest BCUT2D eigenvalue weighted by Crippen LogP contribution is 2.25. The van der Waals surface area contributed by atoms with Crippen LogP contribution in [0.3, 0.4) is 0 Å². The Kier molecular flexibility index (Phi) is 8.09. The first-order valence-electron chi connectivity index (χ1n) is 8.10. The van der Waals surface area contributed by atoms with Gasteiger partial charge in [0.15, 0.2) is 0 Å². The zero-order valence-corrected chi connectivity index (χ0v) is 14.8. The maximum absolute atomic E-state index is 12.0. The molecule has 1 aromatic carbocycles. The quantitative estimate of drug-likeness (QED) is 0.685. The average molecular weight is 337 g/mol. The largest absolute Gasteiger partial charge is 0.497 e. The van der Waals surface area contributed by atoms with E-state index in [0.717, 1.165) is 11.3 Å². The Morgan fingerprint density at radius 3 is 2.46 bits per heavy atom. The van der Waals surface area contributed by atoms with Crippen LogP contribution in [0.25, 0.3) is 0 Å². The van der Waals surface area contributed by atoms with Gasteiger partial charge < -0.3 is 19.9 Å². The molecule has 2 N–H and O–H groups in total. The summed E-state index contributed by atoms with van der Waals surface area (Å²) >= 11 is 0. The first-order valence-corrected chi connectivity index (χ1v) is 8.10. The summed E-state index contributed by atoms with van der Waals surface area (Å²) in [4.78, 5) is 23.1. The molecule has 0 bridgehead atoms. The molecule has 1 rings (SSSR count). The Hall–Kier alpha value is -2.24. The smallest absolute Gasteiger partial charge is 0.326 e. The van der Waals surface area contributed by atoms with E-state index >= 15 is 0 Å². The van der Waals surface area contributed by atoms with Gasteiger partial charge in [0.05, 0.1) is 14.2 Å². The van der Waals surface area contributed by atoms with Gasteiger partial charge in [-0.25, -0.2) is 4.79 Å². The molecule has 1 aromatic rings. The van der Waals surface area contributed by atoms with Crippen LogP contribution in [0.1, 0.15) is 38.7 Å². The Morgan fingerprint density at radius 2 is 1.92 bits per heavy atom. The molecular formula is C18H27NO5. The number of amides is 1. The number of ether oxygens (including phenoxy) is 2. The number of carbonyl (C=O) groups is 2. The zero-order chi connectivity index (χ0) is 18.1. The third-order valence-electron chi connectivity index (χ3n) is 3.68. The summed E-state index contributed by atoms with van der Waals surface area (Å²) in [6.45, 7) is 3.86. The molecule has 134 valence electrons. The van der Waals surface area contributed by atoms with Crippen molar-refractivity contribution < 1.29 is 24.2 Å². The molecule has 0 radical (unpaired) electrons. The van der Waals surface area contributed by atoms with Crippen molar-refractivity contribution in [3.63, 3.8) is 0 Å². The van der Waals surface area contributed by atoms with E-state index < -0.39 is 12.0 Å². The Bertz CT molecular complexity index is 556. The summed E-state index contributed by atoms with van der Waals surface area (Å²) < 4.78 is 10.5. The van der Waals surface area contributed by atoms with Crippen LogP contribution in [0.15, 0.2) is 18.2 Å². The minimum absolute atomic E-state index is 0.204. The van der Waals surface area contributed by atoms with E-state index in [1.807, 2.05) is 26.0 Å². The summed E-state index contributed by atoms with van der Waals surface area (Å²) in [6, 6.07) is 4.74. The molecule has 0 spiro atoms. The van der Waals surface area contributed by atoms with E-state index in [0.29, 0.717) is 25.0 Å². The molecule has 0 saturated carbocycles. The number of hydrogen-bond acceptors (Lipinski definition) is 4. The molecule has 0 aliphatic heterocycles. The number of carbonyl (C=O) groups excluding carboxylic acids is 1. The van der Waals surface area contributed by atoms with E-state index in [1.165, 1.54) is 0 Å². The van der Waals surface area contributed by atoms with E-state index in [-0.39, 0.29) is 18.2 Å². The SMILES string of the molecule is COc1ccc(CCCC(=O)N[C@@H](CC(C)C)C(=O)O)c(OC)c1. The van der Waals surface area contributed by atoms with Gasteiger partial charge in [-0.15, -0.1) is 0 Å². The van der Waals surface area contributed by atoms with Crippen molar-refractivity contribution in [3.8, 4) is 11.5 Å². The monoisotopic (exact) mass is 337 g/mol. The molecule has 0 saturated heterocycles. The molecule has 1 atom stereocenters. The van der Waals surface area contributed by atoms with Gasteiger partial charge >= 0.3 is 5.97 Å². The second-order valence-electron chi connectivity index (χ2n) is 6.12. The number of carboxylic acids is 1. The molecule has 0 aliphatic rings. The Balaban J connectivity index is 2.52. The molecule has 0 heterocycles. The summed E-state index contributed by atoms with van der Waals surface area (Å²) in [5, 5.41) is 11.7. The molecule has 6 heteroatoms. The molecule has 0 fully saturated rings. The number of nitrogens with one attached hydrogen (secondary N) is 1. The second-order valence-corrected chi connectivity index (χ2v) is 6.12. The van der Waals surface area contributed by atoms with Crippen LogP contribution in [0.2, 0.25) is 0 Å². The summed E-state index contributed by atoms with van der Waals surface area (Å²) in [7, 11) is 3.18. The summed E-state index contributed by atoms with van der Waals surface area (Å²) in [6.07, 6.45) is 1.98. The Labute approximate surface area is 143 Å². The predicted molar refractivity (Wildman–Crippen MR) is 91.5 cm³/mol. The van der Waals surface area contributed by atoms with E-state index in [4.69, 9.17) is 14.6 Å². The van der Waals surface area contributed by atoms with Crippen molar-refractivity contribution in [1.29, 1.82) is 0 Å². The highest BCUT2D eigenvalue weighted by atomic mass is 16.5. The lowest BCUT2D eigenvalue weighted by Gasteiger charge is -2.16. The van der Waals surface area contributed by atoms with Gasteiger partial charge in [-0.05, 0) is 36.8 Å². The van der Waals surface area contributed by atoms with Crippen molar-refractivity contribution >= 4 is 11.9 Å². The van der Waals surface area contributed by atoms with Crippen molar-refractivity contribution in [2.75, 3.05) is 14.2 Å². The van der Waals surface area contributed by atoms with Gasteiger partial charge in [0, 0.05) is 12.5 Å². The fourth-order valence-electron chi connectivity index (χ4n) is 2.46. The van der Waals surface area contributed by atoms with Gasteiger partial charge in [-0.3, -0.25) is 4.79 Å². The van der Waals surface area contributed by atoms with Crippen LogP contribution < -0.4 is 14.8 Å². The average Bonchev–Trinajstić information content (AvgIpc) is 2.53. The van der Waals surface area contributed by atoms with Gasteiger partial charge in [-0.1, -0.05) is 19.9 Å². The maximum Gasteiger partial charge on any atom is 0.326 e. The van der Waals surface area contributed by atoms with Crippen molar-refractivity contribution in [3.05, 3.63) is 23.8 Å². The molecule has 1 amide bonds. The highest BCUT2D eigenvalue weighted by molar-refractivity contribution is 5.83. The van der Waals surface area contributed by atoms with Crippen molar-refractivity contribution in [2.45, 2.75) is 45.6 Å². The van der Waals surface area contributed by atoms with Crippen LogP contribution in [-0.2, 0) is 16.0 Å². The van der Waals surface area contributed by atoms with Crippen molar-refractivity contribution in [2.24, 2.45) is 5.92 Å². The molecule has 0 unspecified atom stereocenters. The van der Waals surface area contributed by atoms with Crippen LogP contribution in [0.5, 0.6) is 11.5 Å². The number of aryl methyl sites for hydroxylation is 1. The van der Waals surface area contributed by atoms with Gasteiger partial charge in [0.25, 0.3) is 0 Å². The fourth-order valence-corrected chi connectivity index (χ4v) is 2.46. The van der Waals surface area contributed by atoms with Crippen LogP contribution in [-0.4, -0.2) is 37.2 Å². The first-order chi connectivity index (χ1) is 11.4. The van der Waals surface area contributed by atoms with E-state index in [1.54, 1.807) is 20.3 Å². The molecule has 0 aliphatic carbocycles. The summed E-state index contributed by atoms with van der Waals surface area (Å²) in [5.41, 5.74) is 0.989. The topological polar surface area (TPSA) is 84.9 Å². The second kappa shape index (κ2) is 9.80. The number of carboxylic acid groups (broad SMARTS) is 1. The summed E-state index contributed by atoms with van der Waals surface area (Å²) in [5.74, 6) is 0.406. The van der Waals surface area contributed by atoms with Crippen molar-refractivity contribution in [1.82, 2.24) is 5.32 Å². The van der Waals surface area contributed by atoms with E-state index in [2.05, 4.69) is 5.32 Å². The number of aliphatic carboxylic acids is 1. The normalized spacial score (nSPS) is 11.9. The lowest BCUT2D eigenvalue weighted by atomic mass is 10.0. The predicted octanol–water partition coefficient (Wildman–Crippen LogP) is 2.64. The molecule has 0 aromatic heterocycles. The third kappa shape index (κ3) is 6.48. The Morgan fingerprint density at radius 1 is 1.21 bits per heavy atom. The number of benzene rings is 1. The lowest BCUT2D eigenvalue weighted by molar-refractivity contribution is -0.142. The number of methoxy groups -OCH3 is 2. The highest BCUT2D eigenvalue weighted by Gasteiger charge is 2.20. The minimum atomic E-state index is -0.992. The zero-order valence-electron chi connectivity index (χ0n) is 14.8. The standard InChI is InChI=1S/C18H27NO5/c1-12(2)10-15(18(21)22)19-17(20)7-5-6-13-8-9-14(23-3)11-16(13)24-4/h8-9,11-12,15H,5-7,10H2,1-4H3,(H,19,20)(H,21,22)/t15-/m0/s1. The van der Waals surface area contributed by atoms with E-state index in [9.17, 15) is 9.59 Å². The fraction of sp³-hybridized carbons (Fsp3) is 0.556. The van der Waals surface area contributed by atoms with Crippen LogP contribution in [0, 0.1) is 5.92 Å². The number of rotatable bonds is 10. The first kappa shape index (κ1) is 19.8. The van der Waals surface area contributed by atoms with Gasteiger partial charge in [-0.2, -0.15) is 0 Å². The molecular weight excluding hydrogens is 310 g/mol. The van der Waals surface area contributed by atoms with Gasteiger partial charge in [0.2, 0.25) is 5.91 Å². The number of hydrogen-bond donors (Lipinski definition) is 2. The van der Waals surface area contributed by atoms with Crippen LogP contribution >= 0.6 is 0 Å². The lowest BCUT2D eigenvalue weighted by Crippen LogP contribution is -2.41. The van der Waals surface area contributed by atoms with Gasteiger partial charge in [0.1, 0.15) is 17.5 Å². The third-order valence-corrected chi connectivity index (χ3v) is 3.68. The van der Waals surface area contributed by atoms with Crippen LogP contribution in [0.4, 0.5) is 0 Å². The molecule has 24 heavy (non-hydrogen) atoms. The minimum Gasteiger partial charge on any atom is -0.497 e. The molecule has 6 nitrogen and oxygen atoms in total.